The lowest BCUT2D eigenvalue weighted by molar-refractivity contribution is -0.119. The highest BCUT2D eigenvalue weighted by atomic mass is 35.5. The first kappa shape index (κ1) is 10.1. The van der Waals surface area contributed by atoms with Gasteiger partial charge in [-0.1, -0.05) is 11.6 Å². The number of anilines is 1. The highest BCUT2D eigenvalue weighted by Gasteiger charge is 2.41. The van der Waals surface area contributed by atoms with Gasteiger partial charge in [0.15, 0.2) is 0 Å². The van der Waals surface area contributed by atoms with Crippen LogP contribution in [0.15, 0.2) is 24.3 Å². The number of hydrogen-bond donors (Lipinski definition) is 0. The van der Waals surface area contributed by atoms with E-state index in [0.29, 0.717) is 5.02 Å². The molecule has 1 atom stereocenters. The topological polar surface area (TPSA) is 23.6 Å². The predicted molar refractivity (Wildman–Crippen MR) is 63.5 cm³/mol. The smallest absolute Gasteiger partial charge is 0.245 e. The fourth-order valence-corrected chi connectivity index (χ4v) is 2.66. The predicted octanol–water partition coefficient (Wildman–Crippen LogP) is 2.11. The Balaban J connectivity index is 1.86. The molecular formula is C12H13ClN2O. The Kier molecular flexibility index (Phi) is 2.37. The number of fused-ring (bicyclic) bond motifs is 1. The second-order valence-electron chi connectivity index (χ2n) is 4.35. The summed E-state index contributed by atoms with van der Waals surface area (Å²) in [4.78, 5) is 16.2. The molecule has 3 nitrogen and oxygen atoms in total. The van der Waals surface area contributed by atoms with Crippen molar-refractivity contribution in [2.24, 2.45) is 0 Å². The summed E-state index contributed by atoms with van der Waals surface area (Å²) in [6, 6.07) is 7.59. The summed E-state index contributed by atoms with van der Waals surface area (Å²) in [7, 11) is 0. The molecule has 0 aromatic heterocycles. The van der Waals surface area contributed by atoms with Gasteiger partial charge < -0.3 is 0 Å². The summed E-state index contributed by atoms with van der Waals surface area (Å²) >= 11 is 5.84. The number of carbonyl (C=O) groups excluding carboxylic acids is 1. The monoisotopic (exact) mass is 236 g/mol. The maximum absolute atomic E-state index is 12.1. The van der Waals surface area contributed by atoms with E-state index in [0.717, 1.165) is 31.7 Å². The molecule has 0 unspecified atom stereocenters. The van der Waals surface area contributed by atoms with Gasteiger partial charge in [0.05, 0.1) is 12.7 Å². The van der Waals surface area contributed by atoms with Gasteiger partial charge in [-0.05, 0) is 37.1 Å². The quantitative estimate of drug-likeness (QED) is 0.746. The lowest BCUT2D eigenvalue weighted by Crippen LogP contribution is -2.28. The molecule has 2 heterocycles. The van der Waals surface area contributed by atoms with Crippen LogP contribution in [0, 0.1) is 0 Å². The molecule has 2 fully saturated rings. The number of nitrogens with zero attached hydrogens (tertiary/aromatic N) is 2. The van der Waals surface area contributed by atoms with Crippen LogP contribution in [0.3, 0.4) is 0 Å². The Hall–Kier alpha value is -1.06. The third-order valence-corrected chi connectivity index (χ3v) is 3.63. The molecule has 0 aliphatic carbocycles. The first-order chi connectivity index (χ1) is 7.75. The molecule has 1 aromatic carbocycles. The Morgan fingerprint density at radius 3 is 2.69 bits per heavy atom. The van der Waals surface area contributed by atoms with Gasteiger partial charge in [-0.2, -0.15) is 0 Å². The van der Waals surface area contributed by atoms with Crippen LogP contribution in [0.25, 0.3) is 0 Å². The van der Waals surface area contributed by atoms with E-state index in [1.165, 1.54) is 0 Å². The van der Waals surface area contributed by atoms with E-state index in [1.807, 2.05) is 29.2 Å². The molecule has 84 valence electrons. The van der Waals surface area contributed by atoms with Crippen molar-refractivity contribution in [3.05, 3.63) is 29.3 Å². The van der Waals surface area contributed by atoms with Gasteiger partial charge in [0.2, 0.25) is 5.91 Å². The standard InChI is InChI=1S/C12H13ClN2O/c13-9-3-5-10(6-4-9)15-8-14-7-1-2-11(14)12(15)16/h3-6,11H,1-2,7-8H2/t11-/m0/s1. The lowest BCUT2D eigenvalue weighted by Gasteiger charge is -2.17. The molecule has 4 heteroatoms. The summed E-state index contributed by atoms with van der Waals surface area (Å²) in [5.41, 5.74) is 0.948. The number of halogens is 1. The van der Waals surface area contributed by atoms with Crippen LogP contribution in [-0.2, 0) is 4.79 Å². The van der Waals surface area contributed by atoms with Crippen molar-refractivity contribution in [1.82, 2.24) is 4.90 Å². The highest BCUT2D eigenvalue weighted by Crippen LogP contribution is 2.29. The SMILES string of the molecule is O=C1[C@@H]2CCCN2CN1c1ccc(Cl)cc1. The molecule has 16 heavy (non-hydrogen) atoms. The Labute approximate surface area is 99.6 Å². The molecule has 3 rings (SSSR count). The molecule has 0 bridgehead atoms. The zero-order valence-electron chi connectivity index (χ0n) is 8.90. The van der Waals surface area contributed by atoms with Crippen LogP contribution in [0.4, 0.5) is 5.69 Å². The van der Waals surface area contributed by atoms with Crippen LogP contribution >= 0.6 is 11.6 Å². The molecular weight excluding hydrogens is 224 g/mol. The first-order valence-electron chi connectivity index (χ1n) is 5.57. The van der Waals surface area contributed by atoms with Gasteiger partial charge in [0, 0.05) is 17.3 Å². The highest BCUT2D eigenvalue weighted by molar-refractivity contribution is 6.30. The summed E-state index contributed by atoms with van der Waals surface area (Å²) in [5, 5.41) is 0.705. The molecule has 2 aliphatic heterocycles. The number of hydrogen-bond acceptors (Lipinski definition) is 2. The maximum Gasteiger partial charge on any atom is 0.245 e. The Bertz CT molecular complexity index is 418. The van der Waals surface area contributed by atoms with Crippen molar-refractivity contribution in [1.29, 1.82) is 0 Å². The van der Waals surface area contributed by atoms with Crippen LogP contribution in [0.1, 0.15) is 12.8 Å². The number of rotatable bonds is 1. The average Bonchev–Trinajstić information content (AvgIpc) is 2.84. The van der Waals surface area contributed by atoms with Crippen molar-refractivity contribution < 1.29 is 4.79 Å². The fraction of sp³-hybridized carbons (Fsp3) is 0.417. The van der Waals surface area contributed by atoms with E-state index in [-0.39, 0.29) is 11.9 Å². The molecule has 0 N–H and O–H groups in total. The molecule has 2 saturated heterocycles. The fourth-order valence-electron chi connectivity index (χ4n) is 2.54. The third kappa shape index (κ3) is 1.51. The Morgan fingerprint density at radius 2 is 2.00 bits per heavy atom. The molecule has 1 aromatic rings. The number of benzene rings is 1. The zero-order valence-corrected chi connectivity index (χ0v) is 9.65. The Morgan fingerprint density at radius 1 is 1.25 bits per heavy atom. The zero-order chi connectivity index (χ0) is 11.1. The van der Waals surface area contributed by atoms with Crippen molar-refractivity contribution in [3.8, 4) is 0 Å². The summed E-state index contributed by atoms with van der Waals surface area (Å²) < 4.78 is 0. The number of amides is 1. The summed E-state index contributed by atoms with van der Waals surface area (Å²) in [6.45, 7) is 1.77. The van der Waals surface area contributed by atoms with Crippen molar-refractivity contribution >= 4 is 23.2 Å². The third-order valence-electron chi connectivity index (χ3n) is 3.38. The molecule has 0 saturated carbocycles. The molecule has 0 spiro atoms. The van der Waals surface area contributed by atoms with E-state index >= 15 is 0 Å². The minimum atomic E-state index is 0.121. The van der Waals surface area contributed by atoms with Gasteiger partial charge in [0.1, 0.15) is 0 Å². The minimum absolute atomic E-state index is 0.121. The summed E-state index contributed by atoms with van der Waals surface area (Å²) in [6.07, 6.45) is 2.15. The molecule has 1 amide bonds. The van der Waals surface area contributed by atoms with Crippen LogP contribution in [0.5, 0.6) is 0 Å². The van der Waals surface area contributed by atoms with Gasteiger partial charge >= 0.3 is 0 Å². The van der Waals surface area contributed by atoms with E-state index in [4.69, 9.17) is 11.6 Å². The maximum atomic E-state index is 12.1. The van der Waals surface area contributed by atoms with E-state index < -0.39 is 0 Å². The van der Waals surface area contributed by atoms with Crippen LogP contribution in [-0.4, -0.2) is 30.1 Å². The second kappa shape index (κ2) is 3.75. The normalized spacial score (nSPS) is 25.2. The molecule has 0 radical (unpaired) electrons. The average molecular weight is 237 g/mol. The van der Waals surface area contributed by atoms with Crippen molar-refractivity contribution in [2.45, 2.75) is 18.9 Å². The van der Waals surface area contributed by atoms with E-state index in [2.05, 4.69) is 4.90 Å². The largest absolute Gasteiger partial charge is 0.298 e. The molecule has 2 aliphatic rings. The first-order valence-corrected chi connectivity index (χ1v) is 5.94. The van der Waals surface area contributed by atoms with E-state index in [1.54, 1.807) is 0 Å². The van der Waals surface area contributed by atoms with Crippen LogP contribution in [0.2, 0.25) is 5.02 Å². The lowest BCUT2D eigenvalue weighted by atomic mass is 10.2. The summed E-state index contributed by atoms with van der Waals surface area (Å²) in [5.74, 6) is 0.236. The number of carbonyl (C=O) groups is 1. The van der Waals surface area contributed by atoms with Crippen molar-refractivity contribution in [2.75, 3.05) is 18.1 Å². The second-order valence-corrected chi connectivity index (χ2v) is 4.79. The van der Waals surface area contributed by atoms with Crippen LogP contribution < -0.4 is 4.90 Å². The van der Waals surface area contributed by atoms with Gasteiger partial charge in [-0.15, -0.1) is 0 Å². The van der Waals surface area contributed by atoms with Crippen molar-refractivity contribution in [3.63, 3.8) is 0 Å². The minimum Gasteiger partial charge on any atom is -0.298 e. The van der Waals surface area contributed by atoms with E-state index in [9.17, 15) is 4.79 Å². The van der Waals surface area contributed by atoms with Gasteiger partial charge in [0.25, 0.3) is 0 Å². The van der Waals surface area contributed by atoms with Gasteiger partial charge in [-0.25, -0.2) is 0 Å². The van der Waals surface area contributed by atoms with Gasteiger partial charge in [-0.3, -0.25) is 14.6 Å².